The minimum absolute atomic E-state index is 0.0892. The summed E-state index contributed by atoms with van der Waals surface area (Å²) < 4.78 is 5.38. The van der Waals surface area contributed by atoms with Crippen LogP contribution in [0.2, 0.25) is 0 Å². The SMILES string of the molecule is Cc1ccc(C(N)=NO)c(N(C)CC2CCOCC2)n1. The Bertz CT molecular complexity index is 484. The van der Waals surface area contributed by atoms with Crippen LogP contribution in [0.15, 0.2) is 17.3 Å². The van der Waals surface area contributed by atoms with Crippen LogP contribution in [0.3, 0.4) is 0 Å². The van der Waals surface area contributed by atoms with E-state index in [0.29, 0.717) is 11.5 Å². The van der Waals surface area contributed by atoms with Crippen LogP contribution in [0.5, 0.6) is 0 Å². The molecule has 0 amide bonds. The summed E-state index contributed by atoms with van der Waals surface area (Å²) in [4.78, 5) is 6.61. The molecule has 0 saturated carbocycles. The molecule has 0 bridgehead atoms. The second-order valence-corrected chi connectivity index (χ2v) is 5.25. The lowest BCUT2D eigenvalue weighted by Gasteiger charge is -2.28. The van der Waals surface area contributed by atoms with Crippen LogP contribution in [0.25, 0.3) is 0 Å². The zero-order valence-electron chi connectivity index (χ0n) is 12.0. The van der Waals surface area contributed by atoms with Crippen molar-refractivity contribution in [2.24, 2.45) is 16.8 Å². The van der Waals surface area contributed by atoms with Crippen LogP contribution in [-0.4, -0.2) is 42.8 Å². The number of hydrogen-bond acceptors (Lipinski definition) is 5. The van der Waals surface area contributed by atoms with Gasteiger partial charge >= 0.3 is 0 Å². The molecule has 1 saturated heterocycles. The van der Waals surface area contributed by atoms with Crippen molar-refractivity contribution in [3.8, 4) is 0 Å². The molecule has 0 spiro atoms. The predicted octanol–water partition coefficient (Wildman–Crippen LogP) is 1.35. The third kappa shape index (κ3) is 3.39. The van der Waals surface area contributed by atoms with Crippen molar-refractivity contribution in [2.75, 3.05) is 31.7 Å². The van der Waals surface area contributed by atoms with Gasteiger partial charge in [0.25, 0.3) is 0 Å². The van der Waals surface area contributed by atoms with E-state index < -0.39 is 0 Å². The van der Waals surface area contributed by atoms with E-state index in [1.807, 2.05) is 26.1 Å². The summed E-state index contributed by atoms with van der Waals surface area (Å²) in [5.74, 6) is 1.44. The molecule has 0 unspecified atom stereocenters. The van der Waals surface area contributed by atoms with Gasteiger partial charge in [0.2, 0.25) is 0 Å². The lowest BCUT2D eigenvalue weighted by molar-refractivity contribution is 0.0685. The lowest BCUT2D eigenvalue weighted by atomic mass is 9.99. The fourth-order valence-corrected chi connectivity index (χ4v) is 2.49. The van der Waals surface area contributed by atoms with Gasteiger partial charge in [0.1, 0.15) is 5.82 Å². The van der Waals surface area contributed by atoms with Gasteiger partial charge in [-0.05, 0) is 37.8 Å². The number of nitrogens with two attached hydrogens (primary N) is 1. The highest BCUT2D eigenvalue weighted by molar-refractivity contribution is 6.01. The smallest absolute Gasteiger partial charge is 0.173 e. The first-order chi connectivity index (χ1) is 9.61. The quantitative estimate of drug-likeness (QED) is 0.376. The first-order valence-electron chi connectivity index (χ1n) is 6.86. The minimum atomic E-state index is 0.0892. The molecule has 0 radical (unpaired) electrons. The number of nitrogens with zero attached hydrogens (tertiary/aromatic N) is 3. The molecule has 2 rings (SSSR count). The summed E-state index contributed by atoms with van der Waals surface area (Å²) in [6, 6.07) is 3.70. The minimum Gasteiger partial charge on any atom is -0.409 e. The molecule has 0 aliphatic carbocycles. The average Bonchev–Trinajstić information content (AvgIpc) is 2.47. The van der Waals surface area contributed by atoms with Crippen molar-refractivity contribution >= 4 is 11.7 Å². The summed E-state index contributed by atoms with van der Waals surface area (Å²) in [7, 11) is 1.99. The first-order valence-corrected chi connectivity index (χ1v) is 6.86. The summed E-state index contributed by atoms with van der Waals surface area (Å²) in [6.45, 7) is 4.48. The van der Waals surface area contributed by atoms with Gasteiger partial charge in [0.05, 0.1) is 5.56 Å². The first kappa shape index (κ1) is 14.6. The van der Waals surface area contributed by atoms with Gasteiger partial charge in [0.15, 0.2) is 5.84 Å². The Hall–Kier alpha value is -1.82. The van der Waals surface area contributed by atoms with E-state index in [2.05, 4.69) is 15.0 Å². The van der Waals surface area contributed by atoms with Crippen molar-refractivity contribution in [1.29, 1.82) is 0 Å². The van der Waals surface area contributed by atoms with Crippen molar-refractivity contribution in [3.63, 3.8) is 0 Å². The Morgan fingerprint density at radius 3 is 2.85 bits per heavy atom. The molecule has 20 heavy (non-hydrogen) atoms. The molecule has 0 aromatic carbocycles. The molecule has 6 heteroatoms. The van der Waals surface area contributed by atoms with E-state index in [-0.39, 0.29) is 5.84 Å². The Morgan fingerprint density at radius 1 is 1.50 bits per heavy atom. The molecule has 1 aromatic heterocycles. The number of ether oxygens (including phenoxy) is 1. The van der Waals surface area contributed by atoms with Gasteiger partial charge in [-0.3, -0.25) is 0 Å². The average molecular weight is 278 g/mol. The largest absolute Gasteiger partial charge is 0.409 e. The van der Waals surface area contributed by atoms with E-state index >= 15 is 0 Å². The Morgan fingerprint density at radius 2 is 2.20 bits per heavy atom. The second kappa shape index (κ2) is 6.56. The fraction of sp³-hybridized carbons (Fsp3) is 0.571. The molecule has 3 N–H and O–H groups in total. The van der Waals surface area contributed by atoms with Crippen LogP contribution in [-0.2, 0) is 4.74 Å². The maximum atomic E-state index is 8.89. The Kier molecular flexibility index (Phi) is 4.79. The number of aryl methyl sites for hydroxylation is 1. The Labute approximate surface area is 119 Å². The maximum absolute atomic E-state index is 8.89. The second-order valence-electron chi connectivity index (χ2n) is 5.25. The van der Waals surface area contributed by atoms with Crippen LogP contribution in [0.1, 0.15) is 24.1 Å². The van der Waals surface area contributed by atoms with Crippen molar-refractivity contribution < 1.29 is 9.94 Å². The number of anilines is 1. The normalized spacial score (nSPS) is 17.2. The molecule has 1 aromatic rings. The Balaban J connectivity index is 2.19. The zero-order valence-corrected chi connectivity index (χ0v) is 12.0. The van der Waals surface area contributed by atoms with Crippen molar-refractivity contribution in [3.05, 3.63) is 23.4 Å². The van der Waals surface area contributed by atoms with Gasteiger partial charge in [-0.2, -0.15) is 0 Å². The van der Waals surface area contributed by atoms with Gasteiger partial charge < -0.3 is 20.6 Å². The third-order valence-corrected chi connectivity index (χ3v) is 3.63. The lowest BCUT2D eigenvalue weighted by Crippen LogP contribution is -2.32. The topological polar surface area (TPSA) is 84.0 Å². The van der Waals surface area contributed by atoms with Crippen LogP contribution < -0.4 is 10.6 Å². The van der Waals surface area contributed by atoms with E-state index in [4.69, 9.17) is 15.7 Å². The van der Waals surface area contributed by atoms with Gasteiger partial charge in [0, 0.05) is 32.5 Å². The summed E-state index contributed by atoms with van der Waals surface area (Å²) in [6.07, 6.45) is 2.13. The molecule has 2 heterocycles. The van der Waals surface area contributed by atoms with Gasteiger partial charge in [-0.1, -0.05) is 5.16 Å². The van der Waals surface area contributed by atoms with Crippen molar-refractivity contribution in [1.82, 2.24) is 4.98 Å². The predicted molar refractivity (Wildman–Crippen MR) is 78.3 cm³/mol. The number of aromatic nitrogens is 1. The molecular weight excluding hydrogens is 256 g/mol. The number of hydrogen-bond donors (Lipinski definition) is 2. The molecule has 1 aliphatic rings. The number of pyridine rings is 1. The number of rotatable bonds is 4. The molecule has 1 aliphatic heterocycles. The van der Waals surface area contributed by atoms with E-state index in [1.165, 1.54) is 0 Å². The van der Waals surface area contributed by atoms with Gasteiger partial charge in [-0.25, -0.2) is 4.98 Å². The van der Waals surface area contributed by atoms with Crippen LogP contribution >= 0.6 is 0 Å². The molecule has 0 atom stereocenters. The third-order valence-electron chi connectivity index (χ3n) is 3.63. The van der Waals surface area contributed by atoms with Gasteiger partial charge in [-0.15, -0.1) is 0 Å². The molecule has 110 valence electrons. The molecular formula is C14H22N4O2. The maximum Gasteiger partial charge on any atom is 0.173 e. The summed E-state index contributed by atoms with van der Waals surface area (Å²) in [5, 5.41) is 12.0. The number of oxime groups is 1. The highest BCUT2D eigenvalue weighted by atomic mass is 16.5. The number of amidine groups is 1. The van der Waals surface area contributed by atoms with E-state index in [0.717, 1.165) is 44.1 Å². The summed E-state index contributed by atoms with van der Waals surface area (Å²) >= 11 is 0. The highest BCUT2D eigenvalue weighted by Gasteiger charge is 2.19. The van der Waals surface area contributed by atoms with E-state index in [9.17, 15) is 0 Å². The highest BCUT2D eigenvalue weighted by Crippen LogP contribution is 2.22. The van der Waals surface area contributed by atoms with Crippen LogP contribution in [0, 0.1) is 12.8 Å². The monoisotopic (exact) mass is 278 g/mol. The zero-order chi connectivity index (χ0) is 14.5. The van der Waals surface area contributed by atoms with E-state index in [1.54, 1.807) is 0 Å². The molecule has 6 nitrogen and oxygen atoms in total. The molecule has 1 fully saturated rings. The van der Waals surface area contributed by atoms with Crippen molar-refractivity contribution in [2.45, 2.75) is 19.8 Å². The summed E-state index contributed by atoms with van der Waals surface area (Å²) in [5.41, 5.74) is 7.30. The van der Waals surface area contributed by atoms with Crippen LogP contribution in [0.4, 0.5) is 5.82 Å². The standard InChI is InChI=1S/C14H22N4O2/c1-10-3-4-12(13(15)17-19)14(16-10)18(2)9-11-5-7-20-8-6-11/h3-4,11,19H,5-9H2,1-2H3,(H2,15,17). The fourth-order valence-electron chi connectivity index (χ4n) is 2.49.